The van der Waals surface area contributed by atoms with E-state index in [0.717, 1.165) is 41.1 Å². The number of benzene rings is 3. The first-order valence-electron chi connectivity index (χ1n) is 10.2. The first-order valence-corrected chi connectivity index (χ1v) is 11.2. The Kier molecular flexibility index (Phi) is 6.42. The average molecular weight is 479 g/mol. The van der Waals surface area contributed by atoms with Gasteiger partial charge in [0.15, 0.2) is 5.16 Å². The molecule has 34 heavy (non-hydrogen) atoms. The summed E-state index contributed by atoms with van der Waals surface area (Å²) in [6.45, 7) is 3.77. The Morgan fingerprint density at radius 1 is 1.12 bits per heavy atom. The highest BCUT2D eigenvalue weighted by Crippen LogP contribution is 2.26. The number of thioether (sulfide) groups is 1. The Morgan fingerprint density at radius 3 is 2.53 bits per heavy atom. The Labute approximate surface area is 197 Å². The van der Waals surface area contributed by atoms with Gasteiger partial charge in [-0.25, -0.2) is 9.37 Å². The first kappa shape index (κ1) is 23.1. The summed E-state index contributed by atoms with van der Waals surface area (Å²) in [7, 11) is 0. The highest BCUT2D eigenvalue weighted by atomic mass is 32.2. The molecule has 0 saturated heterocycles. The largest absolute Gasteiger partial charge is 0.323 e. The van der Waals surface area contributed by atoms with Gasteiger partial charge in [0.05, 0.1) is 33.0 Å². The minimum atomic E-state index is -0.791. The molecule has 0 aliphatic carbocycles. The number of para-hydroxylation sites is 2. The lowest BCUT2D eigenvalue weighted by Crippen LogP contribution is -2.24. The minimum absolute atomic E-state index is 0.197. The van der Waals surface area contributed by atoms with Crippen molar-refractivity contribution in [3.8, 4) is 5.69 Å². The highest BCUT2D eigenvalue weighted by Gasteiger charge is 2.18. The zero-order chi connectivity index (χ0) is 24.4. The molecule has 1 heterocycles. The summed E-state index contributed by atoms with van der Waals surface area (Å²) in [6.07, 6.45) is 0. The van der Waals surface area contributed by atoms with E-state index in [1.807, 2.05) is 32.0 Å². The van der Waals surface area contributed by atoms with Gasteiger partial charge in [0.25, 0.3) is 11.2 Å². The number of nitrogens with one attached hydrogen (secondary N) is 1. The van der Waals surface area contributed by atoms with Crippen LogP contribution in [0.2, 0.25) is 0 Å². The third-order valence-electron chi connectivity index (χ3n) is 5.18. The highest BCUT2D eigenvalue weighted by molar-refractivity contribution is 7.99. The van der Waals surface area contributed by atoms with E-state index in [1.165, 1.54) is 4.57 Å². The fourth-order valence-corrected chi connectivity index (χ4v) is 4.40. The quantitative estimate of drug-likeness (QED) is 0.185. The maximum absolute atomic E-state index is 14.1. The van der Waals surface area contributed by atoms with E-state index in [4.69, 9.17) is 0 Å². The molecule has 4 aromatic rings. The minimum Gasteiger partial charge on any atom is -0.323 e. The van der Waals surface area contributed by atoms with Gasteiger partial charge in [0.1, 0.15) is 5.82 Å². The van der Waals surface area contributed by atoms with Gasteiger partial charge in [-0.2, -0.15) is 0 Å². The standard InChI is InChI=1S/C24H19FN4O4S/c1-14-6-5-7-15(2)22(14)28-23(31)17-8-3-4-9-19(17)27-24(28)34-13-21(30)26-20-12-16(29(32)33)10-11-18(20)25/h3-12H,13H2,1-2H3,(H,26,30). The number of carbonyl (C=O) groups is 1. The molecular formula is C24H19FN4O4S. The molecule has 0 unspecified atom stereocenters. The zero-order valence-electron chi connectivity index (χ0n) is 18.2. The Balaban J connectivity index is 1.70. The van der Waals surface area contributed by atoms with E-state index < -0.39 is 16.6 Å². The van der Waals surface area contributed by atoms with Crippen molar-refractivity contribution in [3.05, 3.63) is 98.1 Å². The van der Waals surface area contributed by atoms with Crippen molar-refractivity contribution in [2.75, 3.05) is 11.1 Å². The number of hydrogen-bond acceptors (Lipinski definition) is 6. The van der Waals surface area contributed by atoms with E-state index in [-0.39, 0.29) is 22.7 Å². The summed E-state index contributed by atoms with van der Waals surface area (Å²) >= 11 is 1.02. The van der Waals surface area contributed by atoms with Gasteiger partial charge >= 0.3 is 0 Å². The van der Waals surface area contributed by atoms with Gasteiger partial charge < -0.3 is 5.32 Å². The normalized spacial score (nSPS) is 10.9. The summed E-state index contributed by atoms with van der Waals surface area (Å²) < 4.78 is 15.5. The van der Waals surface area contributed by atoms with Crippen molar-refractivity contribution < 1.29 is 14.1 Å². The number of aromatic nitrogens is 2. The lowest BCUT2D eigenvalue weighted by atomic mass is 10.1. The molecule has 0 aliphatic heterocycles. The third kappa shape index (κ3) is 4.53. The average Bonchev–Trinajstić information content (AvgIpc) is 2.80. The van der Waals surface area contributed by atoms with Crippen molar-refractivity contribution in [2.24, 2.45) is 0 Å². The lowest BCUT2D eigenvalue weighted by molar-refractivity contribution is -0.384. The number of hydrogen-bond donors (Lipinski definition) is 1. The molecule has 0 saturated carbocycles. The fraction of sp³-hybridized carbons (Fsp3) is 0.125. The molecule has 1 aromatic heterocycles. The maximum Gasteiger partial charge on any atom is 0.271 e. The van der Waals surface area contributed by atoms with E-state index in [9.17, 15) is 24.1 Å². The van der Waals surface area contributed by atoms with Crippen molar-refractivity contribution in [3.63, 3.8) is 0 Å². The Bertz CT molecular complexity index is 1480. The molecule has 0 radical (unpaired) electrons. The van der Waals surface area contributed by atoms with Gasteiger partial charge in [-0.3, -0.25) is 24.3 Å². The predicted molar refractivity (Wildman–Crippen MR) is 129 cm³/mol. The van der Waals surface area contributed by atoms with Crippen LogP contribution in [-0.2, 0) is 4.79 Å². The number of nitrogens with zero attached hydrogens (tertiary/aromatic N) is 3. The second-order valence-corrected chi connectivity index (χ2v) is 8.49. The number of carbonyl (C=O) groups excluding carboxylic acids is 1. The molecule has 0 bridgehead atoms. The van der Waals surface area contributed by atoms with Crippen LogP contribution in [0.25, 0.3) is 16.6 Å². The summed E-state index contributed by atoms with van der Waals surface area (Å²) in [6, 6.07) is 15.5. The molecule has 4 rings (SSSR count). The topological polar surface area (TPSA) is 107 Å². The number of amides is 1. The predicted octanol–water partition coefficient (Wildman–Crippen LogP) is 4.78. The molecule has 10 heteroatoms. The molecule has 0 spiro atoms. The molecule has 8 nitrogen and oxygen atoms in total. The van der Waals surface area contributed by atoms with Crippen LogP contribution in [0.4, 0.5) is 15.8 Å². The number of non-ortho nitro benzene ring substituents is 1. The second-order valence-electron chi connectivity index (χ2n) is 7.55. The summed E-state index contributed by atoms with van der Waals surface area (Å²) in [5.41, 5.74) is 1.99. The monoisotopic (exact) mass is 478 g/mol. The van der Waals surface area contributed by atoms with E-state index in [0.29, 0.717) is 21.7 Å². The number of anilines is 1. The van der Waals surface area contributed by atoms with Crippen LogP contribution in [0.3, 0.4) is 0 Å². The van der Waals surface area contributed by atoms with Crippen LogP contribution in [0.5, 0.6) is 0 Å². The van der Waals surface area contributed by atoms with Gasteiger partial charge in [0.2, 0.25) is 5.91 Å². The second kappa shape index (κ2) is 9.44. The van der Waals surface area contributed by atoms with Crippen molar-refractivity contribution in [1.82, 2.24) is 9.55 Å². The molecule has 3 aromatic carbocycles. The lowest BCUT2D eigenvalue weighted by Gasteiger charge is -2.17. The Hall–Kier alpha value is -4.05. The fourth-order valence-electron chi connectivity index (χ4n) is 3.60. The molecule has 1 N–H and O–H groups in total. The SMILES string of the molecule is Cc1cccc(C)c1-n1c(SCC(=O)Nc2cc([N+](=O)[O-])ccc2F)nc2ccccc2c1=O. The molecule has 1 amide bonds. The zero-order valence-corrected chi connectivity index (χ0v) is 19.1. The summed E-state index contributed by atoms with van der Waals surface area (Å²) in [5.74, 6) is -1.59. The van der Waals surface area contributed by atoms with Crippen molar-refractivity contribution >= 4 is 39.9 Å². The third-order valence-corrected chi connectivity index (χ3v) is 6.11. The van der Waals surface area contributed by atoms with Gasteiger partial charge in [-0.15, -0.1) is 0 Å². The molecule has 0 atom stereocenters. The smallest absolute Gasteiger partial charge is 0.271 e. The van der Waals surface area contributed by atoms with Crippen LogP contribution >= 0.6 is 11.8 Å². The number of halogens is 1. The van der Waals surface area contributed by atoms with E-state index >= 15 is 0 Å². The van der Waals surface area contributed by atoms with Crippen LogP contribution in [0.15, 0.2) is 70.6 Å². The molecular weight excluding hydrogens is 459 g/mol. The van der Waals surface area contributed by atoms with Gasteiger partial charge in [-0.1, -0.05) is 42.1 Å². The van der Waals surface area contributed by atoms with Crippen LogP contribution in [0, 0.1) is 29.8 Å². The van der Waals surface area contributed by atoms with Crippen LogP contribution in [-0.4, -0.2) is 26.1 Å². The number of nitro groups is 1. The first-order chi connectivity index (χ1) is 16.3. The van der Waals surface area contributed by atoms with E-state index in [2.05, 4.69) is 10.3 Å². The summed E-state index contributed by atoms with van der Waals surface area (Å²) in [4.78, 5) is 40.9. The number of nitro benzene ring substituents is 1. The van der Waals surface area contributed by atoms with Gasteiger partial charge in [0, 0.05) is 12.1 Å². The van der Waals surface area contributed by atoms with E-state index in [1.54, 1.807) is 24.3 Å². The molecule has 0 fully saturated rings. The van der Waals surface area contributed by atoms with Crippen LogP contribution < -0.4 is 10.9 Å². The number of aryl methyl sites for hydroxylation is 2. The molecule has 0 aliphatic rings. The van der Waals surface area contributed by atoms with Gasteiger partial charge in [-0.05, 0) is 43.2 Å². The maximum atomic E-state index is 14.1. The van der Waals surface area contributed by atoms with Crippen molar-refractivity contribution in [2.45, 2.75) is 19.0 Å². The van der Waals surface area contributed by atoms with Crippen molar-refractivity contribution in [1.29, 1.82) is 0 Å². The molecule has 172 valence electrons. The van der Waals surface area contributed by atoms with Crippen LogP contribution in [0.1, 0.15) is 11.1 Å². The summed E-state index contributed by atoms with van der Waals surface area (Å²) in [5, 5.41) is 14.1. The Morgan fingerprint density at radius 2 is 1.82 bits per heavy atom. The number of rotatable bonds is 6. The number of fused-ring (bicyclic) bond motifs is 1.